The highest BCUT2D eigenvalue weighted by Gasteiger charge is 2.27. The van der Waals surface area contributed by atoms with Gasteiger partial charge in [0.15, 0.2) is 0 Å². The van der Waals surface area contributed by atoms with Gasteiger partial charge in [-0.05, 0) is 41.4 Å². The molecule has 0 aliphatic rings. The van der Waals surface area contributed by atoms with Crippen LogP contribution >= 0.6 is 0 Å². The molecule has 0 aromatic heterocycles. The first kappa shape index (κ1) is 19.0. The van der Waals surface area contributed by atoms with Crippen molar-refractivity contribution in [1.82, 2.24) is 0 Å². The fourth-order valence-electron chi connectivity index (χ4n) is 2.45. The molecule has 0 fully saturated rings. The Morgan fingerprint density at radius 1 is 0.684 bits per heavy atom. The van der Waals surface area contributed by atoms with Crippen molar-refractivity contribution in [2.75, 3.05) is 0 Å². The molecule has 116 valence electrons. The van der Waals surface area contributed by atoms with Gasteiger partial charge in [0, 0.05) is 0 Å². The minimum absolute atomic E-state index is 0.502. The Morgan fingerprint density at radius 2 is 1.21 bits per heavy atom. The Balaban J connectivity index is 4.12. The molecule has 1 unspecified atom stereocenters. The lowest BCUT2D eigenvalue weighted by molar-refractivity contribution is 0.165. The molecule has 0 nitrogen and oxygen atoms in total. The Bertz CT molecular complexity index is 232. The summed E-state index contributed by atoms with van der Waals surface area (Å²) in [7, 11) is 0. The normalized spacial score (nSPS) is 15.3. The molecular weight excluding hydrogens is 228 g/mol. The van der Waals surface area contributed by atoms with Gasteiger partial charge in [0.1, 0.15) is 0 Å². The maximum atomic E-state index is 2.47. The van der Waals surface area contributed by atoms with E-state index >= 15 is 0 Å². The highest BCUT2D eigenvalue weighted by Crippen LogP contribution is 2.38. The second-order valence-corrected chi connectivity index (χ2v) is 8.86. The molecule has 0 spiro atoms. The SMILES string of the molecule is CC(C)CCC(C)(C)C(C)CCCC(C)(C)C(C)C. The van der Waals surface area contributed by atoms with Gasteiger partial charge in [-0.25, -0.2) is 0 Å². The number of rotatable bonds is 9. The van der Waals surface area contributed by atoms with Gasteiger partial charge in [0.25, 0.3) is 0 Å². The summed E-state index contributed by atoms with van der Waals surface area (Å²) in [5.41, 5.74) is 1.01. The van der Waals surface area contributed by atoms with Gasteiger partial charge < -0.3 is 0 Å². The predicted octanol–water partition coefficient (Wildman–Crippen LogP) is 6.94. The topological polar surface area (TPSA) is 0 Å². The molecule has 0 bridgehead atoms. The van der Waals surface area contributed by atoms with Crippen molar-refractivity contribution in [3.63, 3.8) is 0 Å². The van der Waals surface area contributed by atoms with Gasteiger partial charge in [0.05, 0.1) is 0 Å². The molecule has 0 aliphatic heterocycles. The highest BCUT2D eigenvalue weighted by molar-refractivity contribution is 4.78. The van der Waals surface area contributed by atoms with E-state index < -0.39 is 0 Å². The lowest BCUT2D eigenvalue weighted by Crippen LogP contribution is -2.24. The van der Waals surface area contributed by atoms with Crippen LogP contribution in [-0.2, 0) is 0 Å². The molecule has 0 radical (unpaired) electrons. The van der Waals surface area contributed by atoms with Crippen LogP contribution < -0.4 is 0 Å². The number of hydrogen-bond donors (Lipinski definition) is 0. The maximum Gasteiger partial charge on any atom is -0.0328 e. The van der Waals surface area contributed by atoms with E-state index in [0.29, 0.717) is 10.8 Å². The molecule has 0 aromatic carbocycles. The first-order valence-corrected chi connectivity index (χ1v) is 8.49. The standard InChI is InChI=1S/C19H40/c1-15(2)12-14-19(8,9)17(5)11-10-13-18(6,7)16(3)4/h15-17H,10-14H2,1-9H3. The minimum atomic E-state index is 0.502. The Morgan fingerprint density at radius 3 is 1.63 bits per heavy atom. The van der Waals surface area contributed by atoms with E-state index in [1.807, 2.05) is 0 Å². The zero-order valence-corrected chi connectivity index (χ0v) is 15.3. The third kappa shape index (κ3) is 7.37. The van der Waals surface area contributed by atoms with E-state index in [9.17, 15) is 0 Å². The monoisotopic (exact) mass is 268 g/mol. The van der Waals surface area contributed by atoms with Crippen LogP contribution in [-0.4, -0.2) is 0 Å². The fourth-order valence-corrected chi connectivity index (χ4v) is 2.45. The summed E-state index contributed by atoms with van der Waals surface area (Å²) in [5, 5.41) is 0. The van der Waals surface area contributed by atoms with Crippen molar-refractivity contribution in [2.24, 2.45) is 28.6 Å². The van der Waals surface area contributed by atoms with Gasteiger partial charge >= 0.3 is 0 Å². The summed E-state index contributed by atoms with van der Waals surface area (Å²) in [6.45, 7) is 21.6. The quantitative estimate of drug-likeness (QED) is 0.425. The Hall–Kier alpha value is 0. The van der Waals surface area contributed by atoms with Crippen LogP contribution in [0, 0.1) is 28.6 Å². The van der Waals surface area contributed by atoms with Crippen molar-refractivity contribution in [2.45, 2.75) is 94.4 Å². The van der Waals surface area contributed by atoms with E-state index in [0.717, 1.165) is 17.8 Å². The van der Waals surface area contributed by atoms with Crippen molar-refractivity contribution < 1.29 is 0 Å². The molecule has 19 heavy (non-hydrogen) atoms. The Labute approximate surface area is 123 Å². The lowest BCUT2D eigenvalue weighted by Gasteiger charge is -2.34. The molecule has 0 amide bonds. The molecule has 0 rings (SSSR count). The van der Waals surface area contributed by atoms with E-state index in [4.69, 9.17) is 0 Å². The van der Waals surface area contributed by atoms with E-state index in [2.05, 4.69) is 62.3 Å². The minimum Gasteiger partial charge on any atom is -0.0628 e. The van der Waals surface area contributed by atoms with Gasteiger partial charge in [-0.15, -0.1) is 0 Å². The first-order valence-electron chi connectivity index (χ1n) is 8.49. The van der Waals surface area contributed by atoms with Crippen molar-refractivity contribution in [1.29, 1.82) is 0 Å². The van der Waals surface area contributed by atoms with Gasteiger partial charge in [-0.1, -0.05) is 81.6 Å². The van der Waals surface area contributed by atoms with Crippen LogP contribution in [0.5, 0.6) is 0 Å². The van der Waals surface area contributed by atoms with Crippen LogP contribution in [0.1, 0.15) is 94.4 Å². The third-order valence-corrected chi connectivity index (χ3v) is 5.72. The van der Waals surface area contributed by atoms with Crippen LogP contribution in [0.4, 0.5) is 0 Å². The molecule has 0 heteroatoms. The average molecular weight is 269 g/mol. The fraction of sp³-hybridized carbons (Fsp3) is 1.00. The molecule has 0 heterocycles. The number of hydrogen-bond acceptors (Lipinski definition) is 0. The van der Waals surface area contributed by atoms with Crippen molar-refractivity contribution in [3.05, 3.63) is 0 Å². The smallest absolute Gasteiger partial charge is 0.0328 e. The molecular formula is C19H40. The predicted molar refractivity (Wildman–Crippen MR) is 89.5 cm³/mol. The molecule has 0 aromatic rings. The van der Waals surface area contributed by atoms with Gasteiger partial charge in [-0.2, -0.15) is 0 Å². The zero-order valence-electron chi connectivity index (χ0n) is 15.3. The Kier molecular flexibility index (Phi) is 7.70. The molecule has 0 aliphatic carbocycles. The summed E-state index contributed by atoms with van der Waals surface area (Å²) < 4.78 is 0. The molecule has 0 saturated heterocycles. The zero-order chi connectivity index (χ0) is 15.3. The molecule has 0 N–H and O–H groups in total. The third-order valence-electron chi connectivity index (χ3n) is 5.72. The van der Waals surface area contributed by atoms with Crippen LogP contribution in [0.15, 0.2) is 0 Å². The van der Waals surface area contributed by atoms with Crippen molar-refractivity contribution >= 4 is 0 Å². The highest BCUT2D eigenvalue weighted by atomic mass is 14.3. The van der Waals surface area contributed by atoms with Crippen LogP contribution in [0.2, 0.25) is 0 Å². The molecule has 0 saturated carbocycles. The summed E-state index contributed by atoms with van der Waals surface area (Å²) in [4.78, 5) is 0. The first-order chi connectivity index (χ1) is 8.49. The van der Waals surface area contributed by atoms with Crippen LogP contribution in [0.3, 0.4) is 0 Å². The summed E-state index contributed by atoms with van der Waals surface area (Å²) in [6, 6.07) is 0. The second-order valence-electron chi connectivity index (χ2n) is 8.86. The average Bonchev–Trinajstić information content (AvgIpc) is 2.25. The van der Waals surface area contributed by atoms with E-state index in [-0.39, 0.29) is 0 Å². The van der Waals surface area contributed by atoms with Crippen LogP contribution in [0.25, 0.3) is 0 Å². The largest absolute Gasteiger partial charge is 0.0628 e. The van der Waals surface area contributed by atoms with Crippen molar-refractivity contribution in [3.8, 4) is 0 Å². The van der Waals surface area contributed by atoms with E-state index in [1.54, 1.807) is 0 Å². The van der Waals surface area contributed by atoms with Gasteiger partial charge in [-0.3, -0.25) is 0 Å². The summed E-state index contributed by atoms with van der Waals surface area (Å²) >= 11 is 0. The summed E-state index contributed by atoms with van der Waals surface area (Å²) in [5.74, 6) is 2.47. The lowest BCUT2D eigenvalue weighted by atomic mass is 9.71. The van der Waals surface area contributed by atoms with Gasteiger partial charge in [0.2, 0.25) is 0 Å². The van der Waals surface area contributed by atoms with E-state index in [1.165, 1.54) is 32.1 Å². The second kappa shape index (κ2) is 7.70. The molecule has 1 atom stereocenters. The maximum absolute atomic E-state index is 2.47. The summed E-state index contributed by atoms with van der Waals surface area (Å²) in [6.07, 6.45) is 6.89.